The maximum Gasteiger partial charge on any atom is 0.119 e. The molecule has 0 fully saturated rings. The first kappa shape index (κ1) is 14.6. The number of hydrogen-bond donors (Lipinski definition) is 1. The number of hydrogen-bond acceptors (Lipinski definition) is 2. The Balaban J connectivity index is 2.35. The van der Waals surface area contributed by atoms with Crippen molar-refractivity contribution in [1.82, 2.24) is 0 Å². The fourth-order valence-electron chi connectivity index (χ4n) is 1.84. The van der Waals surface area contributed by atoms with Crippen LogP contribution < -0.4 is 4.74 Å². The minimum absolute atomic E-state index is 0.611. The van der Waals surface area contributed by atoms with Crippen molar-refractivity contribution in [2.45, 2.75) is 13.0 Å². The Morgan fingerprint density at radius 3 is 2.68 bits per heavy atom. The van der Waals surface area contributed by atoms with Crippen LogP contribution in [-0.2, 0) is 0 Å². The number of rotatable bonds is 4. The highest BCUT2D eigenvalue weighted by molar-refractivity contribution is 9.11. The summed E-state index contributed by atoms with van der Waals surface area (Å²) < 4.78 is 7.27. The van der Waals surface area contributed by atoms with Crippen molar-refractivity contribution in [2.75, 3.05) is 6.61 Å². The van der Waals surface area contributed by atoms with E-state index in [9.17, 15) is 5.11 Å². The van der Waals surface area contributed by atoms with Crippen LogP contribution >= 0.6 is 31.9 Å². The fraction of sp³-hybridized carbons (Fsp3) is 0.200. The lowest BCUT2D eigenvalue weighted by Gasteiger charge is -2.15. The largest absolute Gasteiger partial charge is 0.494 e. The molecular formula is C15H14Br2O2. The minimum atomic E-state index is -0.688. The molecule has 2 nitrogen and oxygen atoms in total. The molecular weight excluding hydrogens is 372 g/mol. The number of aliphatic hydroxyl groups is 1. The molecule has 0 amide bonds. The molecule has 0 aliphatic heterocycles. The van der Waals surface area contributed by atoms with E-state index in [2.05, 4.69) is 31.9 Å². The maximum absolute atomic E-state index is 10.5. The first-order valence-corrected chi connectivity index (χ1v) is 7.56. The van der Waals surface area contributed by atoms with Crippen molar-refractivity contribution in [1.29, 1.82) is 0 Å². The lowest BCUT2D eigenvalue weighted by atomic mass is 10.0. The maximum atomic E-state index is 10.5. The zero-order valence-corrected chi connectivity index (χ0v) is 13.6. The Morgan fingerprint density at radius 1 is 1.16 bits per heavy atom. The first-order valence-electron chi connectivity index (χ1n) is 5.97. The van der Waals surface area contributed by atoms with Gasteiger partial charge in [-0.15, -0.1) is 0 Å². The molecule has 19 heavy (non-hydrogen) atoms. The highest BCUT2D eigenvalue weighted by Gasteiger charge is 2.14. The quantitative estimate of drug-likeness (QED) is 0.826. The van der Waals surface area contributed by atoms with Crippen LogP contribution in [0.25, 0.3) is 0 Å². The second-order valence-corrected chi connectivity index (χ2v) is 5.84. The lowest BCUT2D eigenvalue weighted by Crippen LogP contribution is -2.01. The van der Waals surface area contributed by atoms with Gasteiger partial charge in [0.05, 0.1) is 6.61 Å². The van der Waals surface area contributed by atoms with Crippen molar-refractivity contribution in [2.24, 2.45) is 0 Å². The topological polar surface area (TPSA) is 29.5 Å². The van der Waals surface area contributed by atoms with Gasteiger partial charge in [0.25, 0.3) is 0 Å². The first-order chi connectivity index (χ1) is 9.11. The zero-order valence-electron chi connectivity index (χ0n) is 10.4. The molecule has 0 saturated carbocycles. The van der Waals surface area contributed by atoms with Gasteiger partial charge >= 0.3 is 0 Å². The molecule has 1 N–H and O–H groups in total. The number of halogens is 2. The SMILES string of the molecule is CCOc1cccc(C(O)c2cc(Br)ccc2Br)c1. The van der Waals surface area contributed by atoms with E-state index in [1.807, 2.05) is 49.4 Å². The smallest absolute Gasteiger partial charge is 0.119 e. The molecule has 2 rings (SSSR count). The summed E-state index contributed by atoms with van der Waals surface area (Å²) in [7, 11) is 0. The summed E-state index contributed by atoms with van der Waals surface area (Å²) in [4.78, 5) is 0. The predicted octanol–water partition coefficient (Wildman–Crippen LogP) is 4.69. The Morgan fingerprint density at radius 2 is 1.95 bits per heavy atom. The van der Waals surface area contributed by atoms with Crippen LogP contribution in [0.2, 0.25) is 0 Å². The van der Waals surface area contributed by atoms with Crippen molar-refractivity contribution in [3.63, 3.8) is 0 Å². The molecule has 1 atom stereocenters. The number of aliphatic hydroxyl groups excluding tert-OH is 1. The van der Waals surface area contributed by atoms with E-state index in [1.165, 1.54) is 0 Å². The third kappa shape index (κ3) is 3.59. The molecule has 0 spiro atoms. The summed E-state index contributed by atoms with van der Waals surface area (Å²) in [6, 6.07) is 13.3. The van der Waals surface area contributed by atoms with Crippen molar-refractivity contribution >= 4 is 31.9 Å². The zero-order chi connectivity index (χ0) is 13.8. The van der Waals surface area contributed by atoms with Crippen LogP contribution in [0.1, 0.15) is 24.2 Å². The van der Waals surface area contributed by atoms with Gasteiger partial charge in [-0.05, 0) is 42.8 Å². The Bertz CT molecular complexity index is 570. The van der Waals surface area contributed by atoms with Crippen molar-refractivity contribution in [3.8, 4) is 5.75 Å². The monoisotopic (exact) mass is 384 g/mol. The number of benzene rings is 2. The lowest BCUT2D eigenvalue weighted by molar-refractivity contribution is 0.218. The van der Waals surface area contributed by atoms with Gasteiger partial charge in [-0.25, -0.2) is 0 Å². The fourth-order valence-corrected chi connectivity index (χ4v) is 2.69. The highest BCUT2D eigenvalue weighted by Crippen LogP contribution is 2.32. The van der Waals surface area contributed by atoms with Crippen LogP contribution in [0.4, 0.5) is 0 Å². The molecule has 4 heteroatoms. The molecule has 0 aliphatic carbocycles. The summed E-state index contributed by atoms with van der Waals surface area (Å²) in [5.41, 5.74) is 1.63. The Hall–Kier alpha value is -0.840. The van der Waals surface area contributed by atoms with Crippen LogP contribution in [0.3, 0.4) is 0 Å². The molecule has 0 bridgehead atoms. The third-order valence-corrected chi connectivity index (χ3v) is 3.95. The summed E-state index contributed by atoms with van der Waals surface area (Å²) in [6.45, 7) is 2.55. The third-order valence-electron chi connectivity index (χ3n) is 2.74. The molecule has 100 valence electrons. The van der Waals surface area contributed by atoms with Gasteiger partial charge in [-0.1, -0.05) is 44.0 Å². The summed E-state index contributed by atoms with van der Waals surface area (Å²) in [5, 5.41) is 10.5. The molecule has 0 heterocycles. The van der Waals surface area contributed by atoms with Gasteiger partial charge in [0.1, 0.15) is 11.9 Å². The van der Waals surface area contributed by atoms with E-state index in [4.69, 9.17) is 4.74 Å². The molecule has 0 aromatic heterocycles. The van der Waals surface area contributed by atoms with Gasteiger partial charge < -0.3 is 9.84 Å². The van der Waals surface area contributed by atoms with Crippen LogP contribution in [0, 0.1) is 0 Å². The Kier molecular flexibility index (Phi) is 5.02. The molecule has 0 saturated heterocycles. The minimum Gasteiger partial charge on any atom is -0.494 e. The van der Waals surface area contributed by atoms with E-state index in [-0.39, 0.29) is 0 Å². The van der Waals surface area contributed by atoms with Crippen LogP contribution in [0.5, 0.6) is 5.75 Å². The van der Waals surface area contributed by atoms with Gasteiger partial charge in [-0.3, -0.25) is 0 Å². The molecule has 2 aromatic rings. The van der Waals surface area contributed by atoms with Gasteiger partial charge in [0.2, 0.25) is 0 Å². The summed E-state index contributed by atoms with van der Waals surface area (Å²) in [6.07, 6.45) is -0.688. The molecule has 0 aliphatic rings. The predicted molar refractivity (Wildman–Crippen MR) is 83.5 cm³/mol. The molecule has 2 aromatic carbocycles. The summed E-state index contributed by atoms with van der Waals surface area (Å²) >= 11 is 6.89. The number of ether oxygens (including phenoxy) is 1. The van der Waals surface area contributed by atoms with E-state index in [0.717, 1.165) is 25.8 Å². The van der Waals surface area contributed by atoms with Gasteiger partial charge in [-0.2, -0.15) is 0 Å². The average molecular weight is 386 g/mol. The normalized spacial score (nSPS) is 12.2. The summed E-state index contributed by atoms with van der Waals surface area (Å²) in [5.74, 6) is 0.769. The second kappa shape index (κ2) is 6.55. The standard InChI is InChI=1S/C15H14Br2O2/c1-2-19-12-5-3-4-10(8-12)15(18)13-9-11(16)6-7-14(13)17/h3-9,15,18H,2H2,1H3. The van der Waals surface area contributed by atoms with E-state index >= 15 is 0 Å². The van der Waals surface area contributed by atoms with E-state index in [1.54, 1.807) is 0 Å². The van der Waals surface area contributed by atoms with E-state index in [0.29, 0.717) is 6.61 Å². The van der Waals surface area contributed by atoms with Gasteiger partial charge in [0, 0.05) is 14.5 Å². The molecule has 1 unspecified atom stereocenters. The molecule has 0 radical (unpaired) electrons. The Labute approximate surface area is 129 Å². The van der Waals surface area contributed by atoms with E-state index < -0.39 is 6.10 Å². The highest BCUT2D eigenvalue weighted by atomic mass is 79.9. The van der Waals surface area contributed by atoms with Crippen LogP contribution in [0.15, 0.2) is 51.4 Å². The van der Waals surface area contributed by atoms with Crippen molar-refractivity contribution in [3.05, 3.63) is 62.5 Å². The average Bonchev–Trinajstić information content (AvgIpc) is 2.41. The van der Waals surface area contributed by atoms with Gasteiger partial charge in [0.15, 0.2) is 0 Å². The van der Waals surface area contributed by atoms with Crippen molar-refractivity contribution < 1.29 is 9.84 Å². The second-order valence-electron chi connectivity index (χ2n) is 4.07. The van der Waals surface area contributed by atoms with Crippen LogP contribution in [-0.4, -0.2) is 11.7 Å².